The Balaban J connectivity index is 1.61. The number of benzene rings is 3. The lowest BCUT2D eigenvalue weighted by molar-refractivity contribution is -0.113. The first-order valence-electron chi connectivity index (χ1n) is 12.1. The molecule has 1 amide bonds. The van der Waals surface area contributed by atoms with Crippen LogP contribution in [0.15, 0.2) is 82.7 Å². The van der Waals surface area contributed by atoms with E-state index in [1.807, 2.05) is 54.6 Å². The van der Waals surface area contributed by atoms with Gasteiger partial charge in [-0.25, -0.2) is 4.98 Å². The Bertz CT molecular complexity index is 1380. The number of hydrogen-bond donors (Lipinski definition) is 1. The van der Waals surface area contributed by atoms with E-state index in [1.54, 1.807) is 10.6 Å². The van der Waals surface area contributed by atoms with Crippen LogP contribution in [0.25, 0.3) is 16.6 Å². The van der Waals surface area contributed by atoms with E-state index >= 15 is 0 Å². The second kappa shape index (κ2) is 11.4. The van der Waals surface area contributed by atoms with Gasteiger partial charge in [-0.3, -0.25) is 14.2 Å². The maximum atomic E-state index is 13.6. The first kappa shape index (κ1) is 24.7. The van der Waals surface area contributed by atoms with Crippen molar-refractivity contribution in [1.29, 1.82) is 0 Å². The maximum absolute atomic E-state index is 13.6. The molecule has 6 heteroatoms. The number of thioether (sulfide) groups is 1. The summed E-state index contributed by atoms with van der Waals surface area (Å²) >= 11 is 1.27. The first-order chi connectivity index (χ1) is 17.0. The summed E-state index contributed by atoms with van der Waals surface area (Å²) in [6.45, 7) is 6.38. The fourth-order valence-electron chi connectivity index (χ4n) is 4.06. The molecule has 0 saturated heterocycles. The molecule has 0 aliphatic carbocycles. The number of nitrogens with zero attached hydrogens (tertiary/aromatic N) is 2. The Morgan fingerprint density at radius 3 is 2.46 bits per heavy atom. The summed E-state index contributed by atoms with van der Waals surface area (Å²) in [6, 6.07) is 23.2. The Kier molecular flexibility index (Phi) is 8.03. The number of hydrogen-bond acceptors (Lipinski definition) is 4. The van der Waals surface area contributed by atoms with Gasteiger partial charge in [-0.1, -0.05) is 81.4 Å². The second-order valence-electron chi connectivity index (χ2n) is 8.90. The van der Waals surface area contributed by atoms with Gasteiger partial charge >= 0.3 is 0 Å². The summed E-state index contributed by atoms with van der Waals surface area (Å²) < 4.78 is 1.65. The molecule has 1 aromatic heterocycles. The lowest BCUT2D eigenvalue weighted by atomic mass is 10.0. The highest BCUT2D eigenvalue weighted by Gasteiger charge is 2.18. The minimum atomic E-state index is -0.137. The Labute approximate surface area is 210 Å². The summed E-state index contributed by atoms with van der Waals surface area (Å²) in [7, 11) is 0. The van der Waals surface area contributed by atoms with Gasteiger partial charge < -0.3 is 5.32 Å². The smallest absolute Gasteiger partial charge is 0.266 e. The van der Waals surface area contributed by atoms with Gasteiger partial charge in [-0.05, 0) is 60.2 Å². The molecule has 0 aliphatic rings. The molecule has 4 rings (SSSR count). The Morgan fingerprint density at radius 1 is 1.00 bits per heavy atom. The normalized spacial score (nSPS) is 11.2. The summed E-state index contributed by atoms with van der Waals surface area (Å²) in [6.07, 6.45) is 3.36. The van der Waals surface area contributed by atoms with E-state index in [1.165, 1.54) is 17.3 Å². The lowest BCUT2D eigenvalue weighted by Crippen LogP contribution is -2.24. The van der Waals surface area contributed by atoms with E-state index in [2.05, 4.69) is 38.2 Å². The summed E-state index contributed by atoms with van der Waals surface area (Å²) in [5, 5.41) is 4.03. The van der Waals surface area contributed by atoms with Crippen molar-refractivity contribution in [2.75, 3.05) is 11.1 Å². The molecule has 3 aromatic carbocycles. The predicted octanol–water partition coefficient (Wildman–Crippen LogP) is 6.58. The molecule has 0 spiro atoms. The quantitative estimate of drug-likeness (QED) is 0.215. The number of unbranched alkanes of at least 4 members (excludes halogenated alkanes) is 1. The van der Waals surface area contributed by atoms with Crippen molar-refractivity contribution in [3.8, 4) is 5.69 Å². The van der Waals surface area contributed by atoms with Gasteiger partial charge in [0.1, 0.15) is 0 Å². The second-order valence-corrected chi connectivity index (χ2v) is 9.85. The zero-order valence-corrected chi connectivity index (χ0v) is 21.3. The molecule has 35 heavy (non-hydrogen) atoms. The molecule has 1 N–H and O–H groups in total. The number of rotatable bonds is 9. The van der Waals surface area contributed by atoms with Gasteiger partial charge in [-0.15, -0.1) is 0 Å². The highest BCUT2D eigenvalue weighted by atomic mass is 32.2. The van der Waals surface area contributed by atoms with Crippen LogP contribution in [0.1, 0.15) is 50.7 Å². The monoisotopic (exact) mass is 485 g/mol. The van der Waals surface area contributed by atoms with Gasteiger partial charge in [0.15, 0.2) is 5.16 Å². The fraction of sp³-hybridized carbons (Fsp3) is 0.276. The summed E-state index contributed by atoms with van der Waals surface area (Å²) in [5.74, 6) is 0.236. The van der Waals surface area contributed by atoms with Gasteiger partial charge in [0, 0.05) is 5.69 Å². The third kappa shape index (κ3) is 5.82. The highest BCUT2D eigenvalue weighted by Crippen LogP contribution is 2.27. The minimum Gasteiger partial charge on any atom is -0.325 e. The topological polar surface area (TPSA) is 64.0 Å². The molecular weight excluding hydrogens is 454 g/mol. The van der Waals surface area contributed by atoms with Crippen LogP contribution in [0.4, 0.5) is 5.69 Å². The Hall–Kier alpha value is -3.38. The molecule has 0 fully saturated rings. The van der Waals surface area contributed by atoms with E-state index in [0.29, 0.717) is 16.1 Å². The van der Waals surface area contributed by atoms with Gasteiger partial charge in [0.25, 0.3) is 5.56 Å². The SMILES string of the molecule is CCCCc1ccc(NC(=O)CSc2nc3ccccc3c(=O)n2-c2ccccc2C(C)C)cc1. The van der Waals surface area contributed by atoms with Crippen LogP contribution in [-0.4, -0.2) is 21.2 Å². The number of aromatic nitrogens is 2. The van der Waals surface area contributed by atoms with Crippen molar-refractivity contribution in [3.05, 3.63) is 94.3 Å². The van der Waals surface area contributed by atoms with Crippen LogP contribution in [0.5, 0.6) is 0 Å². The summed E-state index contributed by atoms with van der Waals surface area (Å²) in [5.41, 5.74) is 4.39. The van der Waals surface area contributed by atoms with Gasteiger partial charge in [-0.2, -0.15) is 0 Å². The fourth-order valence-corrected chi connectivity index (χ4v) is 4.87. The van der Waals surface area contributed by atoms with Crippen LogP contribution in [0.3, 0.4) is 0 Å². The number of fused-ring (bicyclic) bond motifs is 1. The van der Waals surface area contributed by atoms with Gasteiger partial charge in [0.05, 0.1) is 22.3 Å². The average Bonchev–Trinajstić information content (AvgIpc) is 2.87. The molecule has 0 radical (unpaired) electrons. The molecule has 0 aliphatic heterocycles. The molecule has 5 nitrogen and oxygen atoms in total. The van der Waals surface area contributed by atoms with E-state index in [4.69, 9.17) is 4.98 Å². The van der Waals surface area contributed by atoms with E-state index in [0.717, 1.165) is 36.2 Å². The number of para-hydroxylation sites is 2. The number of aryl methyl sites for hydroxylation is 1. The number of carbonyl (C=O) groups excluding carboxylic acids is 1. The molecule has 180 valence electrons. The third-order valence-corrected chi connectivity index (χ3v) is 6.87. The number of nitrogens with one attached hydrogen (secondary N) is 1. The van der Waals surface area contributed by atoms with E-state index in [9.17, 15) is 9.59 Å². The number of carbonyl (C=O) groups is 1. The molecule has 0 saturated carbocycles. The largest absolute Gasteiger partial charge is 0.325 e. The predicted molar refractivity (Wildman–Crippen MR) is 146 cm³/mol. The highest BCUT2D eigenvalue weighted by molar-refractivity contribution is 7.99. The van der Waals surface area contributed by atoms with Crippen molar-refractivity contribution in [2.24, 2.45) is 0 Å². The molecule has 0 bridgehead atoms. The standard InChI is InChI=1S/C29H31N3O2S/c1-4-5-10-21-15-17-22(18-16-21)30-27(33)19-35-29-31-25-13-8-6-12-24(25)28(34)32(29)26-14-9-7-11-23(26)20(2)3/h6-9,11-18,20H,4-5,10,19H2,1-3H3,(H,30,33). The van der Waals surface area contributed by atoms with Crippen LogP contribution >= 0.6 is 11.8 Å². The van der Waals surface area contributed by atoms with E-state index < -0.39 is 0 Å². The minimum absolute atomic E-state index is 0.130. The van der Waals surface area contributed by atoms with Crippen molar-refractivity contribution >= 4 is 34.3 Å². The van der Waals surface area contributed by atoms with Crippen LogP contribution in [0, 0.1) is 0 Å². The van der Waals surface area contributed by atoms with Crippen LogP contribution < -0.4 is 10.9 Å². The number of amides is 1. The van der Waals surface area contributed by atoms with Crippen molar-refractivity contribution in [1.82, 2.24) is 9.55 Å². The van der Waals surface area contributed by atoms with Crippen LogP contribution in [-0.2, 0) is 11.2 Å². The maximum Gasteiger partial charge on any atom is 0.266 e. The third-order valence-electron chi connectivity index (χ3n) is 5.93. The van der Waals surface area contributed by atoms with Crippen molar-refractivity contribution < 1.29 is 4.79 Å². The van der Waals surface area contributed by atoms with Gasteiger partial charge in [0.2, 0.25) is 5.91 Å². The number of anilines is 1. The molecule has 4 aromatic rings. The molecule has 0 unspecified atom stereocenters. The van der Waals surface area contributed by atoms with E-state index in [-0.39, 0.29) is 23.1 Å². The van der Waals surface area contributed by atoms with Crippen molar-refractivity contribution in [3.63, 3.8) is 0 Å². The molecular formula is C29H31N3O2S. The summed E-state index contributed by atoms with van der Waals surface area (Å²) in [4.78, 5) is 31.1. The first-order valence-corrected chi connectivity index (χ1v) is 13.1. The zero-order valence-electron chi connectivity index (χ0n) is 20.5. The lowest BCUT2D eigenvalue weighted by Gasteiger charge is -2.18. The van der Waals surface area contributed by atoms with Crippen LogP contribution in [0.2, 0.25) is 0 Å². The Morgan fingerprint density at radius 2 is 1.71 bits per heavy atom. The molecule has 0 atom stereocenters. The average molecular weight is 486 g/mol. The van der Waals surface area contributed by atoms with Crippen molar-refractivity contribution in [2.45, 2.75) is 51.1 Å². The molecule has 1 heterocycles. The zero-order chi connectivity index (χ0) is 24.8.